The Labute approximate surface area is 453 Å². The first-order valence-electron chi connectivity index (χ1n) is 26.7. The molecule has 0 bridgehead atoms. The number of Topliss-reactive ketones (excluding diaryl/α,β-unsaturated/α-hetero) is 1. The molecule has 6 rings (SSSR count). The van der Waals surface area contributed by atoms with Crippen molar-refractivity contribution in [1.29, 1.82) is 0 Å². The molecular weight excluding hydrogens is 1020 g/mol. The molecule has 4 fully saturated rings. The fourth-order valence-electron chi connectivity index (χ4n) is 9.90. The van der Waals surface area contributed by atoms with Gasteiger partial charge in [0.2, 0.25) is 5.78 Å². The lowest BCUT2D eigenvalue weighted by Gasteiger charge is -2.31. The van der Waals surface area contributed by atoms with Crippen LogP contribution in [-0.4, -0.2) is 97.9 Å². The zero-order valence-electron chi connectivity index (χ0n) is 43.6. The third kappa shape index (κ3) is 18.1. The molecule has 0 atom stereocenters. The highest BCUT2D eigenvalue weighted by Gasteiger charge is 2.39. The highest BCUT2D eigenvalue weighted by molar-refractivity contribution is 8.24. The first kappa shape index (κ1) is 59.7. The molecular formula is C56H71NO17S2. The van der Waals surface area contributed by atoms with Crippen molar-refractivity contribution in [3.8, 4) is 11.5 Å². The molecule has 0 unspecified atom stereocenters. The molecule has 1 aromatic rings. The number of ketones is 1. The average molecular weight is 1090 g/mol. The van der Waals surface area contributed by atoms with Crippen LogP contribution in [0.4, 0.5) is 0 Å². The molecule has 0 saturated heterocycles. The van der Waals surface area contributed by atoms with Crippen molar-refractivity contribution in [3.63, 3.8) is 0 Å². The summed E-state index contributed by atoms with van der Waals surface area (Å²) in [5.74, 6) is -5.59. The monoisotopic (exact) mass is 1090 g/mol. The number of rotatable bonds is 25. The Morgan fingerprint density at radius 1 is 0.605 bits per heavy atom. The summed E-state index contributed by atoms with van der Waals surface area (Å²) in [5, 5.41) is 0. The molecule has 0 radical (unpaired) electrons. The van der Waals surface area contributed by atoms with Crippen LogP contribution in [-0.2, 0) is 71.5 Å². The van der Waals surface area contributed by atoms with Gasteiger partial charge in [0.25, 0.3) is 5.70 Å². The van der Waals surface area contributed by atoms with Crippen LogP contribution >= 0.6 is 23.5 Å². The highest BCUT2D eigenvalue weighted by Crippen LogP contribution is 2.59. The lowest BCUT2D eigenvalue weighted by molar-refractivity contribution is -0.162. The molecule has 414 valence electrons. The smallest absolute Gasteiger partial charge is 0.375 e. The van der Waals surface area contributed by atoms with Gasteiger partial charge < -0.3 is 42.6 Å². The Balaban J connectivity index is 0.960. The second-order valence-electron chi connectivity index (χ2n) is 20.0. The normalized spacial score (nSPS) is 24.8. The molecule has 1 aromatic carbocycles. The number of fused-ring (bicyclic) bond motifs is 1. The highest BCUT2D eigenvalue weighted by atomic mass is 32.2. The minimum absolute atomic E-state index is 0.0208. The van der Waals surface area contributed by atoms with Crippen LogP contribution < -0.4 is 9.47 Å². The van der Waals surface area contributed by atoms with E-state index in [0.29, 0.717) is 139 Å². The van der Waals surface area contributed by atoms with Gasteiger partial charge in [0.1, 0.15) is 23.7 Å². The summed E-state index contributed by atoms with van der Waals surface area (Å²) in [7, 11) is 0. The molecule has 18 nitrogen and oxygen atoms in total. The first-order chi connectivity index (χ1) is 36.6. The molecule has 5 aliphatic rings. The predicted octanol–water partition coefficient (Wildman–Crippen LogP) is 10.0. The fourth-order valence-corrected chi connectivity index (χ4v) is 12.4. The average Bonchev–Trinajstić information content (AvgIpc) is 3.87. The number of benzene rings is 1. The van der Waals surface area contributed by atoms with Crippen LogP contribution in [0.1, 0.15) is 149 Å². The van der Waals surface area contributed by atoms with Crippen molar-refractivity contribution in [2.75, 3.05) is 19.8 Å². The quantitative estimate of drug-likeness (QED) is 0.0130. The topological polar surface area (TPSA) is 224 Å². The predicted molar refractivity (Wildman–Crippen MR) is 277 cm³/mol. The summed E-state index contributed by atoms with van der Waals surface area (Å²) in [6.07, 6.45) is 12.4. The van der Waals surface area contributed by atoms with Gasteiger partial charge in [-0.3, -0.25) is 28.8 Å². The zero-order chi connectivity index (χ0) is 54.6. The van der Waals surface area contributed by atoms with Crippen LogP contribution in [0.3, 0.4) is 0 Å². The maximum absolute atomic E-state index is 13.7. The van der Waals surface area contributed by atoms with Gasteiger partial charge >= 0.3 is 41.8 Å². The third-order valence-corrected chi connectivity index (χ3v) is 16.8. The minimum Gasteiger partial charge on any atom is -0.468 e. The zero-order valence-corrected chi connectivity index (χ0v) is 45.2. The van der Waals surface area contributed by atoms with E-state index in [4.69, 9.17) is 49.2 Å². The van der Waals surface area contributed by atoms with E-state index in [1.54, 1.807) is 13.8 Å². The number of ether oxygens (including phenoxy) is 9. The van der Waals surface area contributed by atoms with E-state index in [1.807, 2.05) is 0 Å². The Morgan fingerprint density at radius 3 is 1.55 bits per heavy atom. The number of nitrogens with zero attached hydrogens (tertiary/aromatic N) is 1. The summed E-state index contributed by atoms with van der Waals surface area (Å²) in [5.41, 5.74) is -0.261. The second kappa shape index (κ2) is 30.5. The van der Waals surface area contributed by atoms with E-state index in [9.17, 15) is 38.4 Å². The molecule has 0 N–H and O–H groups in total. The van der Waals surface area contributed by atoms with E-state index in [-0.39, 0.29) is 64.0 Å². The lowest BCUT2D eigenvalue weighted by Crippen LogP contribution is -2.35. The molecule has 1 heterocycles. The first-order valence-corrected chi connectivity index (χ1v) is 28.4. The largest absolute Gasteiger partial charge is 0.468 e. The number of hydrogen-bond acceptors (Lipinski definition) is 19. The number of thioether (sulfide) groups is 2. The fraction of sp³-hybridized carbons (Fsp3) is 0.625. The standard InChI is InChI=1S/C56H71NO17S2/c1-6-45(58)69-33-11-10-32-68-40-23-15-36(16-24-40)51(61)71-41-25-17-37(18-26-41)52(62)73-43-29-30-44(50-49(43)75-56(76-50)47(57-5)54(64)70-34(3)4)74-53(63)38-19-27-42(28-20-38)72-55(65)48(60)35-13-21-39(22-14-35)67-31-9-8-12-46(59)66-7-2/h6-7,29-30,34-42H,1-2,8-28,31-33H2,3-4H3/b56-47+. The van der Waals surface area contributed by atoms with Gasteiger partial charge in [-0.1, -0.05) is 36.7 Å². The van der Waals surface area contributed by atoms with Crippen LogP contribution in [0.15, 0.2) is 57.4 Å². The van der Waals surface area contributed by atoms with E-state index in [0.717, 1.165) is 55.1 Å². The van der Waals surface area contributed by atoms with Crippen molar-refractivity contribution in [1.82, 2.24) is 0 Å². The van der Waals surface area contributed by atoms with Crippen molar-refractivity contribution in [2.45, 2.75) is 189 Å². The summed E-state index contributed by atoms with van der Waals surface area (Å²) in [6, 6.07) is 3.05. The molecule has 0 amide bonds. The molecule has 76 heavy (non-hydrogen) atoms. The number of hydrogen-bond donors (Lipinski definition) is 0. The number of carbonyl (C=O) groups excluding carboxylic acids is 8. The van der Waals surface area contributed by atoms with E-state index < -0.39 is 65.6 Å². The molecule has 0 spiro atoms. The summed E-state index contributed by atoms with van der Waals surface area (Å²) < 4.78 is 50.9. The Bertz CT molecular complexity index is 2330. The molecule has 0 aromatic heterocycles. The van der Waals surface area contributed by atoms with Crippen molar-refractivity contribution >= 4 is 71.1 Å². The number of unbranched alkanes of at least 4 members (excludes halogenated alkanes) is 2. The van der Waals surface area contributed by atoms with Gasteiger partial charge in [-0.15, -0.1) is 0 Å². The SMILES string of the molecule is [C-]#[N+]/C(C(=O)OC(C)C)=C1/Sc2c(OC(=O)C3CCC(OC(=O)C(=O)C4CCC(OCCCCC(=O)OC=C)CC4)CC3)ccc(OC(=O)C3CCC(OC(=O)C4CCC(OCCCCOC(=O)C=C)CC4)CC3)c2S1. The van der Waals surface area contributed by atoms with Gasteiger partial charge in [-0.2, -0.15) is 0 Å². The van der Waals surface area contributed by atoms with Crippen molar-refractivity contribution < 1.29 is 81.0 Å². The third-order valence-electron chi connectivity index (χ3n) is 14.2. The minimum atomic E-state index is -0.866. The van der Waals surface area contributed by atoms with Crippen LogP contribution in [0.2, 0.25) is 0 Å². The van der Waals surface area contributed by atoms with E-state index in [2.05, 4.69) is 18.0 Å². The maximum Gasteiger partial charge on any atom is 0.375 e. The van der Waals surface area contributed by atoms with Crippen LogP contribution in [0, 0.1) is 30.2 Å². The number of esters is 7. The van der Waals surface area contributed by atoms with Gasteiger partial charge in [0, 0.05) is 31.6 Å². The summed E-state index contributed by atoms with van der Waals surface area (Å²) in [6.45, 7) is 19.3. The van der Waals surface area contributed by atoms with Crippen molar-refractivity contribution in [3.05, 3.63) is 59.0 Å². The van der Waals surface area contributed by atoms with Gasteiger partial charge in [-0.05, 0) is 154 Å². The lowest BCUT2D eigenvalue weighted by atomic mass is 9.84. The van der Waals surface area contributed by atoms with Crippen molar-refractivity contribution in [2.24, 2.45) is 23.7 Å². The van der Waals surface area contributed by atoms with Gasteiger partial charge in [-0.25, -0.2) is 14.4 Å². The van der Waals surface area contributed by atoms with Gasteiger partial charge in [0.05, 0.1) is 69.5 Å². The molecule has 20 heteroatoms. The van der Waals surface area contributed by atoms with Gasteiger partial charge in [0.15, 0.2) is 0 Å². The Hall–Kier alpha value is -5.49. The Kier molecular flexibility index (Phi) is 23.9. The summed E-state index contributed by atoms with van der Waals surface area (Å²) >= 11 is 2.09. The van der Waals surface area contributed by atoms with E-state index in [1.165, 1.54) is 12.1 Å². The molecule has 1 aliphatic heterocycles. The Morgan fingerprint density at radius 2 is 1.07 bits per heavy atom. The second-order valence-corrected chi connectivity index (χ2v) is 22.3. The van der Waals surface area contributed by atoms with Crippen LogP contribution in [0.5, 0.6) is 11.5 Å². The number of carbonyl (C=O) groups is 8. The van der Waals surface area contributed by atoms with Crippen LogP contribution in [0.25, 0.3) is 4.85 Å². The maximum atomic E-state index is 13.7. The molecule has 4 saturated carbocycles. The summed E-state index contributed by atoms with van der Waals surface area (Å²) in [4.78, 5) is 107. The molecule has 4 aliphatic carbocycles. The van der Waals surface area contributed by atoms with E-state index >= 15 is 0 Å².